The number of carbonyl (C=O) groups is 2. The molecule has 0 radical (unpaired) electrons. The average molecular weight is 499 g/mol. The van der Waals surface area contributed by atoms with Crippen LogP contribution in [0, 0.1) is 50.2 Å². The van der Waals surface area contributed by atoms with Gasteiger partial charge in [0.15, 0.2) is 0 Å². The molecule has 4 saturated carbocycles. The lowest BCUT2D eigenvalue weighted by Gasteiger charge is -2.70. The summed E-state index contributed by atoms with van der Waals surface area (Å²) in [5.41, 5.74) is 1.47. The van der Waals surface area contributed by atoms with Crippen LogP contribution in [0.3, 0.4) is 0 Å². The molecule has 0 aromatic heterocycles. The van der Waals surface area contributed by atoms with Gasteiger partial charge >= 0.3 is 11.9 Å². The van der Waals surface area contributed by atoms with Gasteiger partial charge in [-0.2, -0.15) is 0 Å². The zero-order chi connectivity index (χ0) is 26.5. The Balaban J connectivity index is 1.54. The lowest BCUT2D eigenvalue weighted by atomic mass is 9.34. The van der Waals surface area contributed by atoms with Gasteiger partial charge in [-0.25, -0.2) is 0 Å². The zero-order valence-electron chi connectivity index (χ0n) is 24.1. The molecule has 4 fully saturated rings. The number of carboxylic acid groups (broad SMARTS) is 1. The first kappa shape index (κ1) is 26.3. The number of aliphatic carboxylic acids is 1. The molecular weight excluding hydrogens is 448 g/mol. The average Bonchev–Trinajstić information content (AvgIpc) is 2.75. The Hall–Kier alpha value is -1.32. The van der Waals surface area contributed by atoms with Crippen LogP contribution in [0.25, 0.3) is 0 Å². The van der Waals surface area contributed by atoms with Crippen molar-refractivity contribution in [1.29, 1.82) is 0 Å². The SMILES string of the molecule is CC(=O)O[C@H]1CC[C@]2(C)[C@H](CC[C@@]3(C)C4=CC[C@]5(C(=O)O)CCC(C)(C)C[C@@H]5[C@]4(C)CC[C@H]23)C1(C)C. The van der Waals surface area contributed by atoms with E-state index in [0.717, 1.165) is 51.4 Å². The molecule has 202 valence electrons. The van der Waals surface area contributed by atoms with Crippen molar-refractivity contribution in [2.75, 3.05) is 0 Å². The maximum atomic E-state index is 12.9. The number of hydrogen-bond donors (Lipinski definition) is 1. The number of esters is 1. The number of carbonyl (C=O) groups excluding carboxylic acids is 1. The summed E-state index contributed by atoms with van der Waals surface area (Å²) in [6.07, 6.45) is 12.6. The van der Waals surface area contributed by atoms with Gasteiger partial charge in [-0.15, -0.1) is 0 Å². The second kappa shape index (κ2) is 7.85. The van der Waals surface area contributed by atoms with Crippen LogP contribution in [-0.4, -0.2) is 23.1 Å². The van der Waals surface area contributed by atoms with E-state index in [9.17, 15) is 14.7 Å². The molecule has 5 aliphatic carbocycles. The van der Waals surface area contributed by atoms with E-state index in [1.54, 1.807) is 12.5 Å². The van der Waals surface area contributed by atoms with Crippen LogP contribution in [0.2, 0.25) is 0 Å². The Morgan fingerprint density at radius 3 is 2.06 bits per heavy atom. The third-order valence-electron chi connectivity index (χ3n) is 13.0. The minimum atomic E-state index is -0.595. The molecule has 5 rings (SSSR count). The molecule has 0 amide bonds. The quantitative estimate of drug-likeness (QED) is 0.311. The van der Waals surface area contributed by atoms with E-state index < -0.39 is 11.4 Å². The largest absolute Gasteiger partial charge is 0.481 e. The summed E-state index contributed by atoms with van der Waals surface area (Å²) in [6, 6.07) is 0. The molecule has 0 aliphatic heterocycles. The summed E-state index contributed by atoms with van der Waals surface area (Å²) >= 11 is 0. The van der Waals surface area contributed by atoms with E-state index in [1.165, 1.54) is 6.42 Å². The first-order chi connectivity index (χ1) is 16.5. The van der Waals surface area contributed by atoms with Gasteiger partial charge in [-0.05, 0) is 104 Å². The van der Waals surface area contributed by atoms with Crippen molar-refractivity contribution >= 4 is 11.9 Å². The number of allylic oxidation sites excluding steroid dienone is 2. The van der Waals surface area contributed by atoms with Crippen LogP contribution in [0.4, 0.5) is 0 Å². The molecule has 0 spiro atoms. The fraction of sp³-hybridized carbons (Fsp3) is 0.875. The van der Waals surface area contributed by atoms with E-state index >= 15 is 0 Å². The van der Waals surface area contributed by atoms with Crippen molar-refractivity contribution in [2.24, 2.45) is 50.2 Å². The standard InChI is InChI=1S/C32H50O4/c1-20(33)36-25-12-15-29(6)21(28(25,4)5)9-13-30(7)22(29)10-14-31(8)23(30)11-16-32(26(34)35)18-17-27(2,3)19-24(31)32/h11,21-22,24-25H,9-10,12-19H2,1-8H3,(H,34,35)/t21-,22-,24-,25+,29-,30-,31-,32+/m1/s1. The molecule has 5 aliphatic rings. The van der Waals surface area contributed by atoms with Crippen LogP contribution >= 0.6 is 0 Å². The summed E-state index contributed by atoms with van der Waals surface area (Å²) in [5.74, 6) is 0.616. The maximum absolute atomic E-state index is 12.9. The Morgan fingerprint density at radius 1 is 0.833 bits per heavy atom. The van der Waals surface area contributed by atoms with E-state index in [0.29, 0.717) is 18.3 Å². The van der Waals surface area contributed by atoms with Gasteiger partial charge in [0, 0.05) is 12.3 Å². The Kier molecular flexibility index (Phi) is 5.74. The van der Waals surface area contributed by atoms with Crippen molar-refractivity contribution in [3.8, 4) is 0 Å². The predicted octanol–water partition coefficient (Wildman–Crippen LogP) is 7.80. The third-order valence-corrected chi connectivity index (χ3v) is 13.0. The van der Waals surface area contributed by atoms with Gasteiger partial charge in [-0.1, -0.05) is 60.1 Å². The fourth-order valence-corrected chi connectivity index (χ4v) is 11.3. The number of hydrogen-bond acceptors (Lipinski definition) is 3. The molecule has 0 aromatic rings. The van der Waals surface area contributed by atoms with Crippen molar-refractivity contribution in [3.63, 3.8) is 0 Å². The highest BCUT2D eigenvalue weighted by atomic mass is 16.5. The molecule has 4 heteroatoms. The number of fused-ring (bicyclic) bond motifs is 7. The first-order valence-electron chi connectivity index (χ1n) is 14.6. The number of carboxylic acids is 1. The summed E-state index contributed by atoms with van der Waals surface area (Å²) in [4.78, 5) is 24.7. The molecule has 36 heavy (non-hydrogen) atoms. The molecule has 0 saturated heterocycles. The van der Waals surface area contributed by atoms with Gasteiger partial charge in [0.05, 0.1) is 5.41 Å². The molecule has 0 heterocycles. The molecule has 4 nitrogen and oxygen atoms in total. The lowest BCUT2D eigenvalue weighted by molar-refractivity contribution is -0.200. The highest BCUT2D eigenvalue weighted by Gasteiger charge is 2.68. The summed E-state index contributed by atoms with van der Waals surface area (Å²) < 4.78 is 5.87. The highest BCUT2D eigenvalue weighted by Crippen LogP contribution is 2.75. The van der Waals surface area contributed by atoms with Gasteiger partial charge in [0.2, 0.25) is 0 Å². The first-order valence-corrected chi connectivity index (χ1v) is 14.6. The van der Waals surface area contributed by atoms with Crippen LogP contribution in [0.1, 0.15) is 120 Å². The summed E-state index contributed by atoms with van der Waals surface area (Å²) in [6.45, 7) is 18.4. The van der Waals surface area contributed by atoms with E-state index in [4.69, 9.17) is 4.74 Å². The van der Waals surface area contributed by atoms with Gasteiger partial charge in [0.25, 0.3) is 0 Å². The highest BCUT2D eigenvalue weighted by molar-refractivity contribution is 5.76. The van der Waals surface area contributed by atoms with Gasteiger partial charge in [0.1, 0.15) is 6.10 Å². The van der Waals surface area contributed by atoms with Crippen molar-refractivity contribution in [1.82, 2.24) is 0 Å². The Labute approximate surface area is 219 Å². The third kappa shape index (κ3) is 3.37. The van der Waals surface area contributed by atoms with E-state index in [-0.39, 0.29) is 45.1 Å². The summed E-state index contributed by atoms with van der Waals surface area (Å²) in [7, 11) is 0. The second-order valence-electron chi connectivity index (χ2n) is 15.7. The fourth-order valence-electron chi connectivity index (χ4n) is 11.3. The van der Waals surface area contributed by atoms with Crippen LogP contribution < -0.4 is 0 Å². The molecule has 8 atom stereocenters. The van der Waals surface area contributed by atoms with Crippen LogP contribution in [-0.2, 0) is 14.3 Å². The topological polar surface area (TPSA) is 63.6 Å². The summed E-state index contributed by atoms with van der Waals surface area (Å²) in [5, 5.41) is 10.6. The predicted molar refractivity (Wildman–Crippen MR) is 142 cm³/mol. The number of ether oxygens (including phenoxy) is 1. The molecular formula is C32H50O4. The van der Waals surface area contributed by atoms with Crippen LogP contribution in [0.15, 0.2) is 11.6 Å². The van der Waals surface area contributed by atoms with Crippen molar-refractivity contribution in [2.45, 2.75) is 126 Å². The van der Waals surface area contributed by atoms with Gasteiger partial charge in [-0.3, -0.25) is 9.59 Å². The molecule has 0 bridgehead atoms. The Morgan fingerprint density at radius 2 is 1.44 bits per heavy atom. The lowest BCUT2D eigenvalue weighted by Crippen LogP contribution is -2.64. The minimum absolute atomic E-state index is 0.000775. The normalized spacial score (nSPS) is 48.8. The van der Waals surface area contributed by atoms with E-state index in [2.05, 4.69) is 54.5 Å². The monoisotopic (exact) mass is 498 g/mol. The van der Waals surface area contributed by atoms with Gasteiger partial charge < -0.3 is 9.84 Å². The second-order valence-corrected chi connectivity index (χ2v) is 15.7. The van der Waals surface area contributed by atoms with Crippen molar-refractivity contribution < 1.29 is 19.4 Å². The minimum Gasteiger partial charge on any atom is -0.481 e. The smallest absolute Gasteiger partial charge is 0.310 e. The number of rotatable bonds is 2. The molecule has 1 N–H and O–H groups in total. The maximum Gasteiger partial charge on any atom is 0.310 e. The molecule has 0 aromatic carbocycles. The van der Waals surface area contributed by atoms with E-state index in [1.807, 2.05) is 0 Å². The zero-order valence-corrected chi connectivity index (χ0v) is 24.1. The van der Waals surface area contributed by atoms with Crippen LogP contribution in [0.5, 0.6) is 0 Å². The molecule has 0 unspecified atom stereocenters. The Bertz CT molecular complexity index is 992. The van der Waals surface area contributed by atoms with Crippen molar-refractivity contribution in [3.05, 3.63) is 11.6 Å².